The van der Waals surface area contributed by atoms with Gasteiger partial charge < -0.3 is 20.3 Å². The molecule has 0 aliphatic carbocycles. The second-order valence-corrected chi connectivity index (χ2v) is 7.02. The number of ether oxygens (including phenoxy) is 1. The highest BCUT2D eigenvalue weighted by Crippen LogP contribution is 2.32. The Hall–Kier alpha value is -2.38. The van der Waals surface area contributed by atoms with Crippen molar-refractivity contribution in [3.8, 4) is 0 Å². The van der Waals surface area contributed by atoms with Crippen LogP contribution in [0.2, 0.25) is 0 Å². The lowest BCUT2D eigenvalue weighted by Crippen LogP contribution is -2.44. The molecular weight excluding hydrogens is 332 g/mol. The first-order chi connectivity index (χ1) is 12.6. The number of benzene rings is 1. The lowest BCUT2D eigenvalue weighted by Gasteiger charge is -2.28. The molecule has 26 heavy (non-hydrogen) atoms. The number of nitrogens with zero attached hydrogens (tertiary/aromatic N) is 2. The number of carbonyl (C=O) groups is 2. The van der Waals surface area contributed by atoms with Crippen molar-refractivity contribution in [3.63, 3.8) is 0 Å². The first kappa shape index (κ1) is 17.1. The molecule has 3 heterocycles. The van der Waals surface area contributed by atoms with Gasteiger partial charge in [0.05, 0.1) is 37.1 Å². The Kier molecular flexibility index (Phi) is 4.65. The van der Waals surface area contributed by atoms with Crippen LogP contribution in [0.25, 0.3) is 0 Å². The van der Waals surface area contributed by atoms with Gasteiger partial charge in [0.15, 0.2) is 0 Å². The topological polar surface area (TPSA) is 73.9 Å². The molecule has 7 nitrogen and oxygen atoms in total. The monoisotopic (exact) mass is 356 g/mol. The highest BCUT2D eigenvalue weighted by Gasteiger charge is 2.40. The average molecular weight is 356 g/mol. The Morgan fingerprint density at radius 3 is 2.58 bits per heavy atom. The third kappa shape index (κ3) is 3.32. The van der Waals surface area contributed by atoms with Crippen LogP contribution in [-0.2, 0) is 9.53 Å². The SMILES string of the molecule is Cc1ccc([C@H]2NC(=O)NC3=C2C(=O)N(CCN2CCOCC2)C3)cc1. The van der Waals surface area contributed by atoms with Crippen LogP contribution in [0.3, 0.4) is 0 Å². The zero-order valence-corrected chi connectivity index (χ0v) is 15.0. The van der Waals surface area contributed by atoms with Crippen molar-refractivity contribution in [1.29, 1.82) is 0 Å². The van der Waals surface area contributed by atoms with Gasteiger partial charge in [-0.3, -0.25) is 9.69 Å². The van der Waals surface area contributed by atoms with Crippen molar-refractivity contribution in [2.24, 2.45) is 0 Å². The van der Waals surface area contributed by atoms with Gasteiger partial charge >= 0.3 is 6.03 Å². The highest BCUT2D eigenvalue weighted by molar-refractivity contribution is 6.01. The minimum Gasteiger partial charge on any atom is -0.379 e. The van der Waals surface area contributed by atoms with E-state index in [1.54, 1.807) is 0 Å². The number of hydrogen-bond acceptors (Lipinski definition) is 4. The predicted octanol–water partition coefficient (Wildman–Crippen LogP) is 0.777. The summed E-state index contributed by atoms with van der Waals surface area (Å²) in [6, 6.07) is 7.30. The summed E-state index contributed by atoms with van der Waals surface area (Å²) in [6.45, 7) is 7.27. The van der Waals surface area contributed by atoms with Crippen LogP contribution in [0.1, 0.15) is 17.2 Å². The van der Waals surface area contributed by atoms with Crippen LogP contribution < -0.4 is 10.6 Å². The summed E-state index contributed by atoms with van der Waals surface area (Å²) in [5.41, 5.74) is 3.47. The molecule has 7 heteroatoms. The molecule has 2 N–H and O–H groups in total. The molecule has 1 atom stereocenters. The maximum atomic E-state index is 13.0. The van der Waals surface area contributed by atoms with Gasteiger partial charge in [-0.05, 0) is 12.5 Å². The van der Waals surface area contributed by atoms with Crippen LogP contribution in [0.5, 0.6) is 0 Å². The quantitative estimate of drug-likeness (QED) is 0.836. The van der Waals surface area contributed by atoms with E-state index in [2.05, 4.69) is 15.5 Å². The lowest BCUT2D eigenvalue weighted by molar-refractivity contribution is -0.126. The van der Waals surface area contributed by atoms with Gasteiger partial charge in [-0.25, -0.2) is 4.79 Å². The smallest absolute Gasteiger partial charge is 0.319 e. The zero-order chi connectivity index (χ0) is 18.1. The van der Waals surface area contributed by atoms with Crippen LogP contribution in [0.4, 0.5) is 4.79 Å². The van der Waals surface area contributed by atoms with E-state index in [4.69, 9.17) is 4.74 Å². The molecule has 3 aliphatic heterocycles. The predicted molar refractivity (Wildman–Crippen MR) is 96.5 cm³/mol. The number of nitrogens with one attached hydrogen (secondary N) is 2. The van der Waals surface area contributed by atoms with E-state index in [0.717, 1.165) is 49.7 Å². The molecule has 1 aromatic rings. The number of aryl methyl sites for hydroxylation is 1. The standard InChI is InChI=1S/C19H24N4O3/c1-13-2-4-14(5-3-13)17-16-15(20-19(25)21-17)12-23(18(16)24)7-6-22-8-10-26-11-9-22/h2-5,17H,6-12H2,1H3,(H2,20,21,25)/t17-/m1/s1. The maximum absolute atomic E-state index is 13.0. The van der Waals surface area contributed by atoms with Crippen molar-refractivity contribution < 1.29 is 14.3 Å². The van der Waals surface area contributed by atoms with Gasteiger partial charge in [0, 0.05) is 26.2 Å². The molecule has 1 fully saturated rings. The van der Waals surface area contributed by atoms with Crippen LogP contribution >= 0.6 is 0 Å². The van der Waals surface area contributed by atoms with Crippen LogP contribution in [0, 0.1) is 6.92 Å². The molecule has 0 saturated carbocycles. The Balaban J connectivity index is 1.49. The average Bonchev–Trinajstić information content (AvgIpc) is 2.96. The molecule has 0 aromatic heterocycles. The number of amides is 3. The van der Waals surface area contributed by atoms with E-state index in [0.29, 0.717) is 18.7 Å². The van der Waals surface area contributed by atoms with E-state index in [1.165, 1.54) is 0 Å². The number of rotatable bonds is 4. The minimum atomic E-state index is -0.389. The van der Waals surface area contributed by atoms with Crippen molar-refractivity contribution in [2.75, 3.05) is 45.9 Å². The molecule has 1 saturated heterocycles. The number of carbonyl (C=O) groups excluding carboxylic acids is 2. The van der Waals surface area contributed by atoms with E-state index < -0.39 is 0 Å². The summed E-state index contributed by atoms with van der Waals surface area (Å²) in [6.07, 6.45) is 0. The van der Waals surface area contributed by atoms with Crippen molar-refractivity contribution in [2.45, 2.75) is 13.0 Å². The Morgan fingerprint density at radius 1 is 1.12 bits per heavy atom. The Labute approximate surface area is 153 Å². The fourth-order valence-corrected chi connectivity index (χ4v) is 3.70. The second kappa shape index (κ2) is 7.09. The van der Waals surface area contributed by atoms with E-state index in [-0.39, 0.29) is 18.0 Å². The Morgan fingerprint density at radius 2 is 1.85 bits per heavy atom. The molecule has 138 valence electrons. The van der Waals surface area contributed by atoms with E-state index in [1.807, 2.05) is 36.1 Å². The number of hydrogen-bond donors (Lipinski definition) is 2. The summed E-state index contributed by atoms with van der Waals surface area (Å²) in [5.74, 6) is 0.00587. The zero-order valence-electron chi connectivity index (χ0n) is 15.0. The van der Waals surface area contributed by atoms with Crippen molar-refractivity contribution in [1.82, 2.24) is 20.4 Å². The molecule has 3 amide bonds. The summed E-state index contributed by atoms with van der Waals surface area (Å²) in [5, 5.41) is 5.72. The largest absolute Gasteiger partial charge is 0.379 e. The summed E-state index contributed by atoms with van der Waals surface area (Å²) in [7, 11) is 0. The van der Waals surface area contributed by atoms with Gasteiger partial charge in [-0.15, -0.1) is 0 Å². The molecule has 0 radical (unpaired) electrons. The molecule has 0 unspecified atom stereocenters. The third-order valence-electron chi connectivity index (χ3n) is 5.22. The van der Waals surface area contributed by atoms with Gasteiger partial charge in [0.1, 0.15) is 0 Å². The van der Waals surface area contributed by atoms with Crippen molar-refractivity contribution >= 4 is 11.9 Å². The summed E-state index contributed by atoms with van der Waals surface area (Å²) < 4.78 is 5.37. The summed E-state index contributed by atoms with van der Waals surface area (Å²) >= 11 is 0. The van der Waals surface area contributed by atoms with E-state index in [9.17, 15) is 9.59 Å². The second-order valence-electron chi connectivity index (χ2n) is 7.02. The third-order valence-corrected chi connectivity index (χ3v) is 5.22. The van der Waals surface area contributed by atoms with Gasteiger partial charge in [-0.2, -0.15) is 0 Å². The van der Waals surface area contributed by atoms with Crippen LogP contribution in [-0.4, -0.2) is 67.7 Å². The molecular formula is C19H24N4O3. The van der Waals surface area contributed by atoms with Crippen molar-refractivity contribution in [3.05, 3.63) is 46.7 Å². The lowest BCUT2D eigenvalue weighted by atomic mass is 9.95. The molecule has 4 rings (SSSR count). The van der Waals surface area contributed by atoms with Crippen LogP contribution in [0.15, 0.2) is 35.5 Å². The fraction of sp³-hybridized carbons (Fsp3) is 0.474. The minimum absolute atomic E-state index is 0.00587. The number of urea groups is 1. The molecule has 0 spiro atoms. The number of morpholine rings is 1. The fourth-order valence-electron chi connectivity index (χ4n) is 3.70. The first-order valence-corrected chi connectivity index (χ1v) is 9.08. The first-order valence-electron chi connectivity index (χ1n) is 9.08. The molecule has 3 aliphatic rings. The normalized spacial score (nSPS) is 23.7. The van der Waals surface area contributed by atoms with Gasteiger partial charge in [0.2, 0.25) is 0 Å². The van der Waals surface area contributed by atoms with Gasteiger partial charge in [-0.1, -0.05) is 29.8 Å². The maximum Gasteiger partial charge on any atom is 0.319 e. The summed E-state index contributed by atoms with van der Waals surface area (Å²) in [4.78, 5) is 29.2. The Bertz CT molecular complexity index is 738. The molecule has 0 bridgehead atoms. The molecule has 1 aromatic carbocycles. The highest BCUT2D eigenvalue weighted by atomic mass is 16.5. The van der Waals surface area contributed by atoms with E-state index >= 15 is 0 Å². The van der Waals surface area contributed by atoms with Gasteiger partial charge in [0.25, 0.3) is 5.91 Å².